The van der Waals surface area contributed by atoms with Gasteiger partial charge in [-0.3, -0.25) is 4.57 Å². The second-order valence-electron chi connectivity index (χ2n) is 3.13. The first kappa shape index (κ1) is 11.7. The molecule has 0 fully saturated rings. The van der Waals surface area contributed by atoms with Gasteiger partial charge in [-0.2, -0.15) is 0 Å². The van der Waals surface area contributed by atoms with Crippen molar-refractivity contribution in [2.45, 2.75) is 6.54 Å². The highest BCUT2D eigenvalue weighted by molar-refractivity contribution is 7.11. The zero-order valence-corrected chi connectivity index (χ0v) is 9.90. The van der Waals surface area contributed by atoms with Crippen LogP contribution in [0.3, 0.4) is 0 Å². The molecule has 88 valence electrons. The van der Waals surface area contributed by atoms with Gasteiger partial charge in [0.2, 0.25) is 5.01 Å². The molecule has 0 atom stereocenters. The van der Waals surface area contributed by atoms with Crippen LogP contribution in [0.2, 0.25) is 5.02 Å². The van der Waals surface area contributed by atoms with Gasteiger partial charge in [0, 0.05) is 11.6 Å². The Bertz CT molecular complexity index is 622. The average Bonchev–Trinajstić information content (AvgIpc) is 2.72. The summed E-state index contributed by atoms with van der Waals surface area (Å²) in [5.41, 5.74) is 0.0258. The first-order valence-corrected chi connectivity index (χ1v) is 5.71. The van der Waals surface area contributed by atoms with Gasteiger partial charge >= 0.3 is 11.7 Å². The highest BCUT2D eigenvalue weighted by Crippen LogP contribution is 2.11. The summed E-state index contributed by atoms with van der Waals surface area (Å²) in [6, 6.07) is 0. The highest BCUT2D eigenvalue weighted by atomic mass is 35.5. The van der Waals surface area contributed by atoms with Crippen LogP contribution in [0.25, 0.3) is 0 Å². The summed E-state index contributed by atoms with van der Waals surface area (Å²) >= 11 is 6.71. The van der Waals surface area contributed by atoms with Crippen molar-refractivity contribution in [1.82, 2.24) is 14.5 Å². The molecular formula is C9H6ClN3O3S. The van der Waals surface area contributed by atoms with Crippen LogP contribution in [0.4, 0.5) is 0 Å². The number of thiazole rings is 1. The van der Waals surface area contributed by atoms with Gasteiger partial charge in [0.05, 0.1) is 23.5 Å². The fraction of sp³-hybridized carbons (Fsp3) is 0.111. The normalized spacial score (nSPS) is 10.4. The molecule has 2 aromatic rings. The zero-order chi connectivity index (χ0) is 12.4. The SMILES string of the molecule is O=C(O)c1nc(Cn2cc(Cl)cnc2=O)cs1. The van der Waals surface area contributed by atoms with Crippen molar-refractivity contribution in [3.63, 3.8) is 0 Å². The number of aromatic carboxylic acids is 1. The fourth-order valence-electron chi connectivity index (χ4n) is 1.19. The summed E-state index contributed by atoms with van der Waals surface area (Å²) in [6.07, 6.45) is 2.68. The van der Waals surface area contributed by atoms with Crippen molar-refractivity contribution in [1.29, 1.82) is 0 Å². The lowest BCUT2D eigenvalue weighted by atomic mass is 10.4. The van der Waals surface area contributed by atoms with Crippen LogP contribution in [-0.4, -0.2) is 25.6 Å². The Morgan fingerprint density at radius 3 is 3.00 bits per heavy atom. The summed E-state index contributed by atoms with van der Waals surface area (Å²) < 4.78 is 1.27. The molecule has 1 N–H and O–H groups in total. The van der Waals surface area contributed by atoms with E-state index in [1.165, 1.54) is 17.0 Å². The van der Waals surface area contributed by atoms with Gasteiger partial charge < -0.3 is 5.11 Å². The first-order valence-electron chi connectivity index (χ1n) is 4.46. The lowest BCUT2D eigenvalue weighted by Crippen LogP contribution is -2.22. The number of halogens is 1. The van der Waals surface area contributed by atoms with E-state index in [1.54, 1.807) is 5.38 Å². The molecule has 0 aliphatic carbocycles. The number of carbonyl (C=O) groups is 1. The third-order valence-electron chi connectivity index (χ3n) is 1.89. The molecule has 2 heterocycles. The standard InChI is InChI=1S/C9H6ClN3O3S/c10-5-1-11-9(16)13(2-5)3-6-4-17-7(12-6)8(14)15/h1-2,4H,3H2,(H,14,15). The van der Waals surface area contributed by atoms with Crippen LogP contribution in [0.1, 0.15) is 15.5 Å². The Labute approximate surface area is 104 Å². The lowest BCUT2D eigenvalue weighted by Gasteiger charge is -2.01. The molecule has 6 nitrogen and oxygen atoms in total. The van der Waals surface area contributed by atoms with E-state index in [4.69, 9.17) is 16.7 Å². The topological polar surface area (TPSA) is 85.1 Å². The van der Waals surface area contributed by atoms with E-state index in [0.717, 1.165) is 11.3 Å². The highest BCUT2D eigenvalue weighted by Gasteiger charge is 2.09. The molecule has 0 unspecified atom stereocenters. The number of hydrogen-bond acceptors (Lipinski definition) is 5. The van der Waals surface area contributed by atoms with Gasteiger partial charge in [-0.05, 0) is 0 Å². The molecular weight excluding hydrogens is 266 g/mol. The summed E-state index contributed by atoms with van der Waals surface area (Å²) in [5.74, 6) is -1.09. The van der Waals surface area contributed by atoms with E-state index in [9.17, 15) is 9.59 Å². The van der Waals surface area contributed by atoms with E-state index >= 15 is 0 Å². The zero-order valence-electron chi connectivity index (χ0n) is 8.33. The van der Waals surface area contributed by atoms with Crippen LogP contribution in [-0.2, 0) is 6.54 Å². The van der Waals surface area contributed by atoms with Crippen molar-refractivity contribution in [2.24, 2.45) is 0 Å². The maximum Gasteiger partial charge on any atom is 0.365 e. The van der Waals surface area contributed by atoms with E-state index < -0.39 is 11.7 Å². The molecule has 0 aliphatic heterocycles. The maximum absolute atomic E-state index is 11.4. The predicted octanol–water partition coefficient (Wildman–Crippen LogP) is 1.10. The van der Waals surface area contributed by atoms with Gasteiger partial charge in [0.25, 0.3) is 0 Å². The van der Waals surface area contributed by atoms with Crippen molar-refractivity contribution < 1.29 is 9.90 Å². The second kappa shape index (κ2) is 4.64. The van der Waals surface area contributed by atoms with Gasteiger partial charge in [0.1, 0.15) is 0 Å². The quantitative estimate of drug-likeness (QED) is 0.903. The fourth-order valence-corrected chi connectivity index (χ4v) is 2.01. The van der Waals surface area contributed by atoms with Gasteiger partial charge in [-0.15, -0.1) is 11.3 Å². The van der Waals surface area contributed by atoms with Crippen LogP contribution in [0.5, 0.6) is 0 Å². The van der Waals surface area contributed by atoms with Crippen LogP contribution >= 0.6 is 22.9 Å². The predicted molar refractivity (Wildman–Crippen MR) is 61.7 cm³/mol. The molecule has 0 bridgehead atoms. The minimum Gasteiger partial charge on any atom is -0.476 e. The maximum atomic E-state index is 11.4. The minimum absolute atomic E-state index is 0.0111. The van der Waals surface area contributed by atoms with Crippen LogP contribution in [0.15, 0.2) is 22.6 Å². The molecule has 8 heteroatoms. The largest absolute Gasteiger partial charge is 0.476 e. The Hall–Kier alpha value is -1.73. The third kappa shape index (κ3) is 2.69. The Kier molecular flexibility index (Phi) is 3.21. The Balaban J connectivity index is 2.28. The lowest BCUT2D eigenvalue weighted by molar-refractivity contribution is 0.0696. The average molecular weight is 272 g/mol. The molecule has 0 saturated carbocycles. The van der Waals surface area contributed by atoms with E-state index in [0.29, 0.717) is 10.7 Å². The molecule has 2 aromatic heterocycles. The Morgan fingerprint density at radius 1 is 1.59 bits per heavy atom. The number of carboxylic acids is 1. The molecule has 0 radical (unpaired) electrons. The number of aromatic nitrogens is 3. The van der Waals surface area contributed by atoms with Crippen molar-refractivity contribution in [3.05, 3.63) is 44.0 Å². The molecule has 0 aliphatic rings. The van der Waals surface area contributed by atoms with Crippen LogP contribution in [0, 0.1) is 0 Å². The number of nitrogens with zero attached hydrogens (tertiary/aromatic N) is 3. The molecule has 0 aromatic carbocycles. The van der Waals surface area contributed by atoms with Crippen molar-refractivity contribution >= 4 is 28.9 Å². The molecule has 17 heavy (non-hydrogen) atoms. The smallest absolute Gasteiger partial charge is 0.365 e. The van der Waals surface area contributed by atoms with Crippen LogP contribution < -0.4 is 5.69 Å². The van der Waals surface area contributed by atoms with E-state index in [2.05, 4.69) is 9.97 Å². The number of hydrogen-bond donors (Lipinski definition) is 1. The monoisotopic (exact) mass is 271 g/mol. The van der Waals surface area contributed by atoms with Gasteiger partial charge in [-0.1, -0.05) is 11.6 Å². The van der Waals surface area contributed by atoms with Crippen molar-refractivity contribution in [2.75, 3.05) is 0 Å². The van der Waals surface area contributed by atoms with Crippen molar-refractivity contribution in [3.8, 4) is 0 Å². The summed E-state index contributed by atoms with van der Waals surface area (Å²) in [6.45, 7) is 0.149. The summed E-state index contributed by atoms with van der Waals surface area (Å²) in [5, 5.41) is 10.6. The first-order chi connectivity index (χ1) is 8.06. The van der Waals surface area contributed by atoms with E-state index in [-0.39, 0.29) is 11.6 Å². The van der Waals surface area contributed by atoms with E-state index in [1.807, 2.05) is 0 Å². The number of carboxylic acid groups (broad SMARTS) is 1. The molecule has 0 amide bonds. The third-order valence-corrected chi connectivity index (χ3v) is 2.96. The summed E-state index contributed by atoms with van der Waals surface area (Å²) in [4.78, 5) is 29.4. The minimum atomic E-state index is -1.09. The second-order valence-corrected chi connectivity index (χ2v) is 4.43. The Morgan fingerprint density at radius 2 is 2.35 bits per heavy atom. The summed E-state index contributed by atoms with van der Waals surface area (Å²) in [7, 11) is 0. The number of rotatable bonds is 3. The molecule has 0 saturated heterocycles. The van der Waals surface area contributed by atoms with Gasteiger partial charge in [-0.25, -0.2) is 19.6 Å². The van der Waals surface area contributed by atoms with Gasteiger partial charge in [0.15, 0.2) is 0 Å². The molecule has 2 rings (SSSR count). The molecule has 0 spiro atoms.